The maximum absolute atomic E-state index is 12.3. The van der Waals surface area contributed by atoms with Crippen LogP contribution in [0.1, 0.15) is 74.3 Å². The van der Waals surface area contributed by atoms with Gasteiger partial charge in [0, 0.05) is 25.3 Å². The van der Waals surface area contributed by atoms with E-state index in [4.69, 9.17) is 0 Å². The number of nitrogens with zero attached hydrogens (tertiary/aromatic N) is 2. The van der Waals surface area contributed by atoms with Crippen LogP contribution in [0.3, 0.4) is 0 Å². The number of carbonyl (C=O) groups is 1. The molecular formula is C17H29ClN4O. The molecule has 0 aromatic carbocycles. The van der Waals surface area contributed by atoms with Crippen LogP contribution in [-0.2, 0) is 0 Å². The van der Waals surface area contributed by atoms with Gasteiger partial charge in [-0.1, -0.05) is 39.5 Å². The summed E-state index contributed by atoms with van der Waals surface area (Å²) >= 11 is 0. The molecule has 1 fully saturated rings. The van der Waals surface area contributed by atoms with Crippen molar-refractivity contribution in [2.24, 2.45) is 0 Å². The van der Waals surface area contributed by atoms with Gasteiger partial charge < -0.3 is 10.6 Å². The Labute approximate surface area is 145 Å². The summed E-state index contributed by atoms with van der Waals surface area (Å²) in [5.41, 5.74) is 1.40. The number of hydrogen-bond donors (Lipinski definition) is 2. The lowest BCUT2D eigenvalue weighted by atomic mass is 10.0. The summed E-state index contributed by atoms with van der Waals surface area (Å²) in [6, 6.07) is 0.616. The lowest BCUT2D eigenvalue weighted by Gasteiger charge is -2.16. The second kappa shape index (κ2) is 10.6. The summed E-state index contributed by atoms with van der Waals surface area (Å²) in [6.45, 7) is 5.53. The van der Waals surface area contributed by atoms with E-state index in [0.717, 1.165) is 12.2 Å². The molecule has 1 aromatic heterocycles. The van der Waals surface area contributed by atoms with E-state index in [2.05, 4.69) is 20.6 Å². The van der Waals surface area contributed by atoms with Crippen molar-refractivity contribution in [1.29, 1.82) is 0 Å². The Morgan fingerprint density at radius 1 is 1.22 bits per heavy atom. The van der Waals surface area contributed by atoms with Gasteiger partial charge >= 0.3 is 0 Å². The summed E-state index contributed by atoms with van der Waals surface area (Å²) in [7, 11) is 0. The van der Waals surface area contributed by atoms with Crippen LogP contribution in [-0.4, -0.2) is 35.0 Å². The van der Waals surface area contributed by atoms with E-state index in [1.54, 1.807) is 6.20 Å². The zero-order valence-electron chi connectivity index (χ0n) is 14.2. The number of hydrogen-bond acceptors (Lipinski definition) is 4. The van der Waals surface area contributed by atoms with E-state index in [9.17, 15) is 4.79 Å². The molecule has 0 bridgehead atoms. The molecule has 2 rings (SSSR count). The molecule has 1 saturated carbocycles. The molecule has 1 heterocycles. The van der Waals surface area contributed by atoms with Gasteiger partial charge in [0.25, 0.3) is 5.91 Å². The highest BCUT2D eigenvalue weighted by atomic mass is 35.5. The van der Waals surface area contributed by atoms with Crippen molar-refractivity contribution in [3.05, 3.63) is 23.8 Å². The van der Waals surface area contributed by atoms with E-state index in [-0.39, 0.29) is 24.2 Å². The molecular weight excluding hydrogens is 312 g/mol. The molecule has 23 heavy (non-hydrogen) atoms. The van der Waals surface area contributed by atoms with Gasteiger partial charge in [0.2, 0.25) is 0 Å². The van der Waals surface area contributed by atoms with Crippen LogP contribution in [0, 0.1) is 0 Å². The first kappa shape index (κ1) is 19.8. The van der Waals surface area contributed by atoms with Crippen LogP contribution in [0.15, 0.2) is 12.5 Å². The van der Waals surface area contributed by atoms with Gasteiger partial charge in [0.1, 0.15) is 6.33 Å². The van der Waals surface area contributed by atoms with Gasteiger partial charge in [0.15, 0.2) is 0 Å². The third kappa shape index (κ3) is 6.43. The molecule has 1 aliphatic rings. The van der Waals surface area contributed by atoms with Crippen molar-refractivity contribution >= 4 is 18.3 Å². The Morgan fingerprint density at radius 3 is 2.57 bits per heavy atom. The van der Waals surface area contributed by atoms with Gasteiger partial charge in [-0.05, 0) is 18.8 Å². The lowest BCUT2D eigenvalue weighted by Crippen LogP contribution is -2.37. The predicted molar refractivity (Wildman–Crippen MR) is 95.2 cm³/mol. The van der Waals surface area contributed by atoms with Crippen LogP contribution < -0.4 is 10.6 Å². The third-order valence-electron chi connectivity index (χ3n) is 4.23. The van der Waals surface area contributed by atoms with Crippen LogP contribution in [0.4, 0.5) is 0 Å². The summed E-state index contributed by atoms with van der Waals surface area (Å²) in [4.78, 5) is 20.5. The monoisotopic (exact) mass is 340 g/mol. The van der Waals surface area contributed by atoms with Crippen molar-refractivity contribution in [1.82, 2.24) is 20.6 Å². The zero-order chi connectivity index (χ0) is 15.8. The smallest absolute Gasteiger partial charge is 0.254 e. The number of amides is 1. The largest absolute Gasteiger partial charge is 0.351 e. The van der Waals surface area contributed by atoms with Crippen LogP contribution in [0.2, 0.25) is 0 Å². The molecule has 2 N–H and O–H groups in total. The Hall–Kier alpha value is -1.20. The molecule has 0 aliphatic heterocycles. The summed E-state index contributed by atoms with van der Waals surface area (Å²) in [5, 5.41) is 6.53. The third-order valence-corrected chi connectivity index (χ3v) is 4.23. The fourth-order valence-electron chi connectivity index (χ4n) is 3.01. The second-order valence-electron chi connectivity index (χ2n) is 6.37. The first-order chi connectivity index (χ1) is 10.7. The van der Waals surface area contributed by atoms with Crippen molar-refractivity contribution in [3.8, 4) is 0 Å². The van der Waals surface area contributed by atoms with Gasteiger partial charge in [-0.2, -0.15) is 0 Å². The number of halogens is 1. The minimum atomic E-state index is -0.0769. The Bertz CT molecular complexity index is 473. The molecule has 130 valence electrons. The standard InChI is InChI=1S/C17H28N4O.ClH/c1-13(2)16-15(11-18-12-21-16)17(22)20-10-9-19-14-7-5-3-4-6-8-14;/h11-14,19H,3-10H2,1-2H3,(H,20,22);1H. The normalized spacial score (nSPS) is 15.8. The number of rotatable bonds is 6. The average Bonchev–Trinajstić information content (AvgIpc) is 2.80. The SMILES string of the molecule is CC(C)c1ncncc1C(=O)NCCNC1CCCCCC1.Cl. The molecule has 0 spiro atoms. The predicted octanol–water partition coefficient (Wildman–Crippen LogP) is 3.06. The first-order valence-electron chi connectivity index (χ1n) is 8.50. The van der Waals surface area contributed by atoms with E-state index >= 15 is 0 Å². The quantitative estimate of drug-likeness (QED) is 0.617. The van der Waals surface area contributed by atoms with E-state index in [0.29, 0.717) is 18.2 Å². The Kier molecular flexibility index (Phi) is 9.10. The molecule has 5 nitrogen and oxygen atoms in total. The van der Waals surface area contributed by atoms with Gasteiger partial charge in [-0.3, -0.25) is 4.79 Å². The number of carbonyl (C=O) groups excluding carboxylic acids is 1. The molecule has 0 radical (unpaired) electrons. The highest BCUT2D eigenvalue weighted by Crippen LogP contribution is 2.17. The summed E-state index contributed by atoms with van der Waals surface area (Å²) in [6.07, 6.45) is 11.0. The molecule has 6 heteroatoms. The molecule has 1 amide bonds. The van der Waals surface area contributed by atoms with E-state index in [1.807, 2.05) is 13.8 Å². The van der Waals surface area contributed by atoms with Crippen LogP contribution in [0.25, 0.3) is 0 Å². The van der Waals surface area contributed by atoms with Gasteiger partial charge in [-0.25, -0.2) is 9.97 Å². The highest BCUT2D eigenvalue weighted by molar-refractivity contribution is 5.95. The first-order valence-corrected chi connectivity index (χ1v) is 8.50. The minimum absolute atomic E-state index is 0. The molecule has 0 atom stereocenters. The number of aromatic nitrogens is 2. The molecule has 1 aromatic rings. The van der Waals surface area contributed by atoms with Crippen molar-refractivity contribution in [2.45, 2.75) is 64.3 Å². The molecule has 1 aliphatic carbocycles. The average molecular weight is 341 g/mol. The van der Waals surface area contributed by atoms with Crippen molar-refractivity contribution < 1.29 is 4.79 Å². The second-order valence-corrected chi connectivity index (χ2v) is 6.37. The van der Waals surface area contributed by atoms with Crippen molar-refractivity contribution in [2.75, 3.05) is 13.1 Å². The maximum atomic E-state index is 12.3. The molecule has 0 unspecified atom stereocenters. The number of nitrogens with one attached hydrogen (secondary N) is 2. The highest BCUT2D eigenvalue weighted by Gasteiger charge is 2.15. The Morgan fingerprint density at radius 2 is 1.91 bits per heavy atom. The van der Waals surface area contributed by atoms with Crippen molar-refractivity contribution in [3.63, 3.8) is 0 Å². The fourth-order valence-corrected chi connectivity index (χ4v) is 3.01. The maximum Gasteiger partial charge on any atom is 0.254 e. The fraction of sp³-hybridized carbons (Fsp3) is 0.706. The van der Waals surface area contributed by atoms with Gasteiger partial charge in [-0.15, -0.1) is 12.4 Å². The lowest BCUT2D eigenvalue weighted by molar-refractivity contribution is 0.0951. The zero-order valence-corrected chi connectivity index (χ0v) is 15.0. The van der Waals surface area contributed by atoms with E-state index in [1.165, 1.54) is 44.9 Å². The van der Waals surface area contributed by atoms with Crippen LogP contribution >= 0.6 is 12.4 Å². The minimum Gasteiger partial charge on any atom is -0.351 e. The van der Waals surface area contributed by atoms with Gasteiger partial charge in [0.05, 0.1) is 11.3 Å². The Balaban J connectivity index is 0.00000264. The summed E-state index contributed by atoms with van der Waals surface area (Å²) < 4.78 is 0. The van der Waals surface area contributed by atoms with Crippen LogP contribution in [0.5, 0.6) is 0 Å². The topological polar surface area (TPSA) is 66.9 Å². The van der Waals surface area contributed by atoms with E-state index < -0.39 is 0 Å². The molecule has 0 saturated heterocycles. The summed E-state index contributed by atoms with van der Waals surface area (Å²) in [5.74, 6) is 0.139.